The zero-order chi connectivity index (χ0) is 19.2. The molecule has 1 aromatic carbocycles. The van der Waals surface area contributed by atoms with Crippen molar-refractivity contribution in [3.63, 3.8) is 0 Å². The smallest absolute Gasteiger partial charge is 0.303 e. The van der Waals surface area contributed by atoms with Gasteiger partial charge in [0.25, 0.3) is 5.91 Å². The third-order valence-corrected chi connectivity index (χ3v) is 4.21. The Labute approximate surface area is 157 Å². The number of aromatic nitrogens is 1. The van der Waals surface area contributed by atoms with Gasteiger partial charge in [0.2, 0.25) is 0 Å². The normalized spacial score (nSPS) is 16.4. The van der Waals surface area contributed by atoms with Gasteiger partial charge < -0.3 is 14.2 Å². The number of carbonyl (C=O) groups excluding carboxylic acids is 2. The first-order valence-electron chi connectivity index (χ1n) is 8.72. The lowest BCUT2D eigenvalue weighted by Crippen LogP contribution is -2.32. The minimum atomic E-state index is -0.744. The summed E-state index contributed by atoms with van der Waals surface area (Å²) in [4.78, 5) is 29.9. The SMILES string of the molecule is COCOc1ccc(N2CC[C@@H](OC(C)=O)C2=O)nc1Cc1ccccc1. The van der Waals surface area contributed by atoms with Crippen molar-refractivity contribution in [2.75, 3.05) is 25.3 Å². The second kappa shape index (κ2) is 8.64. The van der Waals surface area contributed by atoms with Crippen LogP contribution in [0.5, 0.6) is 5.75 Å². The van der Waals surface area contributed by atoms with Gasteiger partial charge in [0.05, 0.1) is 5.69 Å². The first-order chi connectivity index (χ1) is 13.1. The highest BCUT2D eigenvalue weighted by atomic mass is 16.7. The van der Waals surface area contributed by atoms with Crippen LogP contribution in [-0.2, 0) is 25.5 Å². The first-order valence-corrected chi connectivity index (χ1v) is 8.72. The zero-order valence-electron chi connectivity index (χ0n) is 15.4. The molecule has 142 valence electrons. The van der Waals surface area contributed by atoms with Crippen molar-refractivity contribution >= 4 is 17.7 Å². The fraction of sp³-hybridized carbons (Fsp3) is 0.350. The van der Waals surface area contributed by atoms with Crippen molar-refractivity contribution < 1.29 is 23.8 Å². The molecular weight excluding hydrogens is 348 g/mol. The van der Waals surface area contributed by atoms with Crippen LogP contribution in [0.15, 0.2) is 42.5 Å². The molecule has 0 unspecified atom stereocenters. The maximum absolute atomic E-state index is 12.5. The molecule has 0 N–H and O–H groups in total. The summed E-state index contributed by atoms with van der Waals surface area (Å²) in [6, 6.07) is 13.4. The first kappa shape index (κ1) is 18.8. The minimum absolute atomic E-state index is 0.111. The van der Waals surface area contributed by atoms with Crippen molar-refractivity contribution in [2.45, 2.75) is 25.9 Å². The number of rotatable bonds is 7. The second-order valence-corrected chi connectivity index (χ2v) is 6.20. The highest BCUT2D eigenvalue weighted by Gasteiger charge is 2.35. The Balaban J connectivity index is 1.85. The number of benzene rings is 1. The maximum Gasteiger partial charge on any atom is 0.303 e. The summed E-state index contributed by atoms with van der Waals surface area (Å²) in [7, 11) is 1.55. The average molecular weight is 370 g/mol. The molecule has 1 fully saturated rings. The highest BCUT2D eigenvalue weighted by Crippen LogP contribution is 2.27. The second-order valence-electron chi connectivity index (χ2n) is 6.20. The van der Waals surface area contributed by atoms with Crippen LogP contribution in [0.3, 0.4) is 0 Å². The van der Waals surface area contributed by atoms with Gasteiger partial charge in [-0.05, 0) is 17.7 Å². The number of methoxy groups -OCH3 is 1. The zero-order valence-corrected chi connectivity index (χ0v) is 15.4. The molecule has 2 aromatic rings. The molecule has 1 aromatic heterocycles. The van der Waals surface area contributed by atoms with Gasteiger partial charge in [-0.3, -0.25) is 14.5 Å². The van der Waals surface area contributed by atoms with Crippen molar-refractivity contribution in [2.24, 2.45) is 0 Å². The quantitative estimate of drug-likeness (QED) is 0.550. The van der Waals surface area contributed by atoms with Crippen LogP contribution in [0.1, 0.15) is 24.6 Å². The predicted molar refractivity (Wildman–Crippen MR) is 98.5 cm³/mol. The van der Waals surface area contributed by atoms with Gasteiger partial charge in [-0.1, -0.05) is 30.3 Å². The largest absolute Gasteiger partial charge is 0.466 e. The monoisotopic (exact) mass is 370 g/mol. The summed E-state index contributed by atoms with van der Waals surface area (Å²) in [5.41, 5.74) is 1.79. The van der Waals surface area contributed by atoms with E-state index < -0.39 is 12.1 Å². The van der Waals surface area contributed by atoms with E-state index in [-0.39, 0.29) is 12.7 Å². The number of hydrogen-bond donors (Lipinski definition) is 0. The van der Waals surface area contributed by atoms with Crippen molar-refractivity contribution in [1.82, 2.24) is 4.98 Å². The van der Waals surface area contributed by atoms with Gasteiger partial charge >= 0.3 is 5.97 Å². The number of ether oxygens (including phenoxy) is 3. The lowest BCUT2D eigenvalue weighted by atomic mass is 10.1. The van der Waals surface area contributed by atoms with Crippen molar-refractivity contribution in [1.29, 1.82) is 0 Å². The van der Waals surface area contributed by atoms with Crippen LogP contribution in [0, 0.1) is 0 Å². The molecule has 27 heavy (non-hydrogen) atoms. The minimum Gasteiger partial charge on any atom is -0.466 e. The van der Waals surface area contributed by atoms with E-state index in [2.05, 4.69) is 4.98 Å². The third-order valence-electron chi connectivity index (χ3n) is 4.21. The van der Waals surface area contributed by atoms with Crippen LogP contribution < -0.4 is 9.64 Å². The molecule has 1 saturated heterocycles. The summed E-state index contributed by atoms with van der Waals surface area (Å²) in [6.45, 7) is 1.86. The van der Waals surface area contributed by atoms with Crippen LogP contribution in [0.25, 0.3) is 0 Å². The van der Waals surface area contributed by atoms with Crippen LogP contribution in [0.2, 0.25) is 0 Å². The Morgan fingerprint density at radius 1 is 1.22 bits per heavy atom. The Morgan fingerprint density at radius 2 is 2.00 bits per heavy atom. The molecule has 1 aliphatic heterocycles. The fourth-order valence-electron chi connectivity index (χ4n) is 2.99. The summed E-state index contributed by atoms with van der Waals surface area (Å²) in [5.74, 6) is 0.406. The lowest BCUT2D eigenvalue weighted by molar-refractivity contribution is -0.151. The molecule has 2 heterocycles. The molecule has 1 amide bonds. The Hall–Kier alpha value is -2.93. The number of nitrogens with zero attached hydrogens (tertiary/aromatic N) is 2. The molecule has 0 bridgehead atoms. The average Bonchev–Trinajstić information content (AvgIpc) is 3.01. The Kier molecular flexibility index (Phi) is 6.03. The van der Waals surface area contributed by atoms with Crippen molar-refractivity contribution in [3.05, 3.63) is 53.7 Å². The number of carbonyl (C=O) groups is 2. The van der Waals surface area contributed by atoms with Crippen LogP contribution in [-0.4, -0.2) is 43.4 Å². The summed E-state index contributed by atoms with van der Waals surface area (Å²) >= 11 is 0. The third kappa shape index (κ3) is 4.62. The molecular formula is C20H22N2O5. The molecule has 0 radical (unpaired) electrons. The Morgan fingerprint density at radius 3 is 2.70 bits per heavy atom. The number of amides is 1. The molecule has 0 saturated carbocycles. The van der Waals surface area contributed by atoms with Gasteiger partial charge in [-0.2, -0.15) is 0 Å². The van der Waals surface area contributed by atoms with E-state index in [1.54, 1.807) is 24.1 Å². The highest BCUT2D eigenvalue weighted by molar-refractivity contribution is 5.99. The van der Waals surface area contributed by atoms with E-state index in [0.29, 0.717) is 36.6 Å². The lowest BCUT2D eigenvalue weighted by Gasteiger charge is -2.18. The van der Waals surface area contributed by atoms with E-state index in [4.69, 9.17) is 14.2 Å². The van der Waals surface area contributed by atoms with Gasteiger partial charge in [0, 0.05) is 33.4 Å². The van der Waals surface area contributed by atoms with Gasteiger partial charge in [0.15, 0.2) is 12.9 Å². The van der Waals surface area contributed by atoms with Gasteiger partial charge in [-0.25, -0.2) is 4.98 Å². The number of pyridine rings is 1. The molecule has 3 rings (SSSR count). The molecule has 7 heteroatoms. The van der Waals surface area contributed by atoms with E-state index in [1.165, 1.54) is 6.92 Å². The van der Waals surface area contributed by atoms with Crippen LogP contribution >= 0.6 is 0 Å². The fourth-order valence-corrected chi connectivity index (χ4v) is 2.99. The molecule has 0 aliphatic carbocycles. The Bertz CT molecular complexity index is 809. The van der Waals surface area contributed by atoms with E-state index >= 15 is 0 Å². The maximum atomic E-state index is 12.5. The molecule has 0 spiro atoms. The van der Waals surface area contributed by atoms with E-state index in [0.717, 1.165) is 5.56 Å². The predicted octanol–water partition coefficient (Wildman–Crippen LogP) is 2.32. The molecule has 1 aliphatic rings. The molecule has 7 nitrogen and oxygen atoms in total. The number of anilines is 1. The van der Waals surface area contributed by atoms with Gasteiger partial charge in [-0.15, -0.1) is 0 Å². The topological polar surface area (TPSA) is 78.0 Å². The summed E-state index contributed by atoms with van der Waals surface area (Å²) < 4.78 is 15.7. The number of esters is 1. The number of hydrogen-bond acceptors (Lipinski definition) is 6. The standard InChI is InChI=1S/C20H22N2O5/c1-14(23)27-18-10-11-22(20(18)24)19-9-8-17(26-13-25-2)16(21-19)12-15-6-4-3-5-7-15/h3-9,18H,10-13H2,1-2H3/t18-/m1/s1. The van der Waals surface area contributed by atoms with E-state index in [9.17, 15) is 9.59 Å². The van der Waals surface area contributed by atoms with Crippen LogP contribution in [0.4, 0.5) is 5.82 Å². The van der Waals surface area contributed by atoms with E-state index in [1.807, 2.05) is 30.3 Å². The summed E-state index contributed by atoms with van der Waals surface area (Å²) in [5, 5.41) is 0. The van der Waals surface area contributed by atoms with Crippen molar-refractivity contribution in [3.8, 4) is 5.75 Å². The molecule has 1 atom stereocenters. The summed E-state index contributed by atoms with van der Waals surface area (Å²) in [6.07, 6.45) is 0.269. The van der Waals surface area contributed by atoms with Gasteiger partial charge in [0.1, 0.15) is 11.6 Å².